The number of rotatable bonds is 7. The number of carbonyl (C=O) groups excluding carboxylic acids is 1. The fraction of sp³-hybridized carbons (Fsp3) is 0.290. The molecule has 0 radical (unpaired) electrons. The summed E-state index contributed by atoms with van der Waals surface area (Å²) in [5.41, 5.74) is 2.78. The number of carbonyl (C=O) groups is 1. The van der Waals surface area contributed by atoms with E-state index in [1.54, 1.807) is 7.11 Å². The first kappa shape index (κ1) is 26.6. The summed E-state index contributed by atoms with van der Waals surface area (Å²) in [6.45, 7) is 2.68. The molecule has 5 nitrogen and oxygen atoms in total. The molecule has 2 aliphatic rings. The van der Waals surface area contributed by atoms with Gasteiger partial charge in [0.25, 0.3) is 5.91 Å². The molecule has 0 spiro atoms. The third-order valence-corrected chi connectivity index (χ3v) is 8.56. The van der Waals surface area contributed by atoms with Crippen LogP contribution in [-0.4, -0.2) is 29.1 Å². The number of para-hydroxylation sites is 1. The number of methoxy groups -OCH3 is 1. The number of hydrogen-bond donors (Lipinski definition) is 0. The SMILES string of the molecule is COc1cc(/C=C2\SC(=Nc3ccccc3)N([C@@H]3CCCC[C@@H]3C)C2=O)cc(Br)c1OCc1ccccc1. The van der Waals surface area contributed by atoms with E-state index < -0.39 is 0 Å². The summed E-state index contributed by atoms with van der Waals surface area (Å²) < 4.78 is 12.5. The first-order valence-electron chi connectivity index (χ1n) is 12.9. The lowest BCUT2D eigenvalue weighted by molar-refractivity contribution is -0.124. The quantitative estimate of drug-likeness (QED) is 0.260. The van der Waals surface area contributed by atoms with Crippen molar-refractivity contribution in [2.45, 2.75) is 45.3 Å². The van der Waals surface area contributed by atoms with Crippen LogP contribution in [0.5, 0.6) is 11.5 Å². The van der Waals surface area contributed by atoms with E-state index in [0.717, 1.165) is 45.7 Å². The molecule has 0 aromatic heterocycles. The maximum Gasteiger partial charge on any atom is 0.267 e. The molecule has 2 atom stereocenters. The maximum atomic E-state index is 13.8. The van der Waals surface area contributed by atoms with Gasteiger partial charge in [-0.1, -0.05) is 68.3 Å². The number of aliphatic imine (C=N–C) groups is 1. The number of thioether (sulfide) groups is 1. The molecule has 7 heteroatoms. The highest BCUT2D eigenvalue weighted by Gasteiger charge is 2.41. The van der Waals surface area contributed by atoms with Gasteiger partial charge in [0.15, 0.2) is 16.7 Å². The summed E-state index contributed by atoms with van der Waals surface area (Å²) in [6, 6.07) is 23.9. The van der Waals surface area contributed by atoms with Crippen LogP contribution in [0.1, 0.15) is 43.7 Å². The van der Waals surface area contributed by atoms with Gasteiger partial charge in [-0.2, -0.15) is 0 Å². The van der Waals surface area contributed by atoms with Crippen LogP contribution >= 0.6 is 27.7 Å². The number of ether oxygens (including phenoxy) is 2. The molecule has 5 rings (SSSR count). The maximum absolute atomic E-state index is 13.8. The molecule has 3 aromatic carbocycles. The molecule has 2 fully saturated rings. The van der Waals surface area contributed by atoms with E-state index in [1.165, 1.54) is 18.2 Å². The predicted octanol–water partition coefficient (Wildman–Crippen LogP) is 8.22. The van der Waals surface area contributed by atoms with Crippen molar-refractivity contribution in [3.8, 4) is 11.5 Å². The van der Waals surface area contributed by atoms with Crippen LogP contribution in [-0.2, 0) is 11.4 Å². The predicted molar refractivity (Wildman–Crippen MR) is 159 cm³/mol. The zero-order valence-corrected chi connectivity index (χ0v) is 24.0. The van der Waals surface area contributed by atoms with Gasteiger partial charge in [0.1, 0.15) is 6.61 Å². The minimum atomic E-state index is 0.0166. The van der Waals surface area contributed by atoms with E-state index in [2.05, 4.69) is 22.9 Å². The highest BCUT2D eigenvalue weighted by Crippen LogP contribution is 2.42. The lowest BCUT2D eigenvalue weighted by Crippen LogP contribution is -2.44. The van der Waals surface area contributed by atoms with Crippen molar-refractivity contribution < 1.29 is 14.3 Å². The second-order valence-corrected chi connectivity index (χ2v) is 11.5. The van der Waals surface area contributed by atoms with E-state index >= 15 is 0 Å². The lowest BCUT2D eigenvalue weighted by Gasteiger charge is -2.35. The van der Waals surface area contributed by atoms with Crippen LogP contribution in [0.2, 0.25) is 0 Å². The third kappa shape index (κ3) is 6.00. The standard InChI is InChI=1S/C31H31BrN2O3S/c1-21-11-9-10-16-26(21)34-30(35)28(38-31(34)33-24-14-7-4-8-15-24)19-23-17-25(32)29(27(18-23)36-2)37-20-22-12-5-3-6-13-22/h3-8,12-15,17-19,21,26H,9-11,16,20H2,1-2H3/b28-19-,33-31?/t21-,26+/m0/s1. The van der Waals surface area contributed by atoms with Crippen molar-refractivity contribution in [3.05, 3.63) is 93.3 Å². The molecule has 3 aromatic rings. The smallest absolute Gasteiger partial charge is 0.267 e. The van der Waals surface area contributed by atoms with E-state index in [1.807, 2.05) is 83.8 Å². The minimum Gasteiger partial charge on any atom is -0.493 e. The van der Waals surface area contributed by atoms with Crippen molar-refractivity contribution in [2.75, 3.05) is 7.11 Å². The van der Waals surface area contributed by atoms with E-state index in [9.17, 15) is 4.79 Å². The highest BCUT2D eigenvalue weighted by atomic mass is 79.9. The van der Waals surface area contributed by atoms with Crippen molar-refractivity contribution in [2.24, 2.45) is 10.9 Å². The first-order chi connectivity index (χ1) is 18.5. The first-order valence-corrected chi connectivity index (χ1v) is 14.6. The van der Waals surface area contributed by atoms with E-state index in [-0.39, 0.29) is 11.9 Å². The van der Waals surface area contributed by atoms with Crippen molar-refractivity contribution in [1.82, 2.24) is 4.90 Å². The Labute approximate surface area is 237 Å². The summed E-state index contributed by atoms with van der Waals surface area (Å²) in [4.78, 5) is 21.3. The van der Waals surface area contributed by atoms with E-state index in [0.29, 0.717) is 28.9 Å². The Bertz CT molecular complexity index is 1340. The van der Waals surface area contributed by atoms with Crippen molar-refractivity contribution in [3.63, 3.8) is 0 Å². The Hall–Kier alpha value is -3.03. The Balaban J connectivity index is 1.45. The van der Waals surface area contributed by atoms with Crippen LogP contribution in [0.25, 0.3) is 6.08 Å². The average molecular weight is 592 g/mol. The van der Waals surface area contributed by atoms with Crippen molar-refractivity contribution in [1.29, 1.82) is 0 Å². The van der Waals surface area contributed by atoms with Crippen LogP contribution in [0, 0.1) is 5.92 Å². The molecule has 1 aliphatic carbocycles. The lowest BCUT2D eigenvalue weighted by atomic mass is 9.85. The van der Waals surface area contributed by atoms with Crippen LogP contribution in [0.15, 0.2) is 87.2 Å². The van der Waals surface area contributed by atoms with E-state index in [4.69, 9.17) is 14.5 Å². The number of nitrogens with zero attached hydrogens (tertiary/aromatic N) is 2. The molecule has 0 unspecified atom stereocenters. The van der Waals surface area contributed by atoms with Crippen LogP contribution in [0.4, 0.5) is 5.69 Å². The number of amides is 1. The molecule has 1 aliphatic heterocycles. The summed E-state index contributed by atoms with van der Waals surface area (Å²) >= 11 is 5.10. The molecular weight excluding hydrogens is 560 g/mol. The van der Waals surface area contributed by atoms with Gasteiger partial charge < -0.3 is 9.47 Å². The number of hydrogen-bond acceptors (Lipinski definition) is 5. The van der Waals surface area contributed by atoms with Gasteiger partial charge in [0.2, 0.25) is 0 Å². The molecule has 196 valence electrons. The van der Waals surface area contributed by atoms with Gasteiger partial charge >= 0.3 is 0 Å². The second-order valence-electron chi connectivity index (χ2n) is 9.65. The van der Waals surface area contributed by atoms with Gasteiger partial charge in [-0.25, -0.2) is 4.99 Å². The zero-order valence-electron chi connectivity index (χ0n) is 21.6. The molecule has 1 amide bonds. The van der Waals surface area contributed by atoms with Crippen LogP contribution in [0.3, 0.4) is 0 Å². The Kier molecular flexibility index (Phi) is 8.55. The van der Waals surface area contributed by atoms with Gasteiger partial charge in [-0.3, -0.25) is 9.69 Å². The number of benzene rings is 3. The zero-order chi connectivity index (χ0) is 26.5. The summed E-state index contributed by atoms with van der Waals surface area (Å²) in [5, 5.41) is 0.750. The van der Waals surface area contributed by atoms with Gasteiger partial charge in [0, 0.05) is 6.04 Å². The third-order valence-electron chi connectivity index (χ3n) is 6.99. The summed E-state index contributed by atoms with van der Waals surface area (Å²) in [7, 11) is 1.63. The van der Waals surface area contributed by atoms with Crippen LogP contribution < -0.4 is 9.47 Å². The largest absolute Gasteiger partial charge is 0.493 e. The number of amidine groups is 1. The summed E-state index contributed by atoms with van der Waals surface area (Å²) in [5.74, 6) is 1.69. The Morgan fingerprint density at radius 1 is 1.05 bits per heavy atom. The Morgan fingerprint density at radius 2 is 1.76 bits per heavy atom. The molecule has 38 heavy (non-hydrogen) atoms. The second kappa shape index (κ2) is 12.2. The number of halogens is 1. The fourth-order valence-electron chi connectivity index (χ4n) is 4.99. The monoisotopic (exact) mass is 590 g/mol. The molecule has 1 saturated heterocycles. The molecular formula is C31H31BrN2O3S. The van der Waals surface area contributed by atoms with Gasteiger partial charge in [0.05, 0.1) is 22.2 Å². The topological polar surface area (TPSA) is 51.1 Å². The van der Waals surface area contributed by atoms with Crippen molar-refractivity contribution >= 4 is 50.5 Å². The molecule has 1 heterocycles. The highest BCUT2D eigenvalue weighted by molar-refractivity contribution is 9.10. The minimum absolute atomic E-state index is 0.0166. The Morgan fingerprint density at radius 3 is 2.47 bits per heavy atom. The fourth-order valence-corrected chi connectivity index (χ4v) is 6.61. The van der Waals surface area contributed by atoms with Gasteiger partial charge in [-0.05, 0) is 87.9 Å². The summed E-state index contributed by atoms with van der Waals surface area (Å²) in [6.07, 6.45) is 6.41. The molecule has 0 bridgehead atoms. The normalized spacial score (nSPS) is 21.8. The molecule has 1 saturated carbocycles. The average Bonchev–Trinajstić information content (AvgIpc) is 3.23. The molecule has 0 N–H and O–H groups in total. The van der Waals surface area contributed by atoms with Gasteiger partial charge in [-0.15, -0.1) is 0 Å².